The van der Waals surface area contributed by atoms with Crippen molar-refractivity contribution in [2.75, 3.05) is 33.0 Å². The van der Waals surface area contributed by atoms with Crippen LogP contribution in [0.3, 0.4) is 0 Å². The predicted molar refractivity (Wildman–Crippen MR) is 104 cm³/mol. The molecule has 3 heterocycles. The second-order valence-electron chi connectivity index (χ2n) is 7.34. The maximum absolute atomic E-state index is 12.4. The van der Waals surface area contributed by atoms with Crippen molar-refractivity contribution < 1.29 is 14.3 Å². The topological polar surface area (TPSA) is 54.9 Å². The molecule has 1 saturated heterocycles. The molecule has 1 atom stereocenters. The number of amides is 1. The smallest absolute Gasteiger partial charge is 0.231 e. The first kappa shape index (κ1) is 18.3. The van der Waals surface area contributed by atoms with Crippen molar-refractivity contribution in [2.24, 2.45) is 5.92 Å². The highest BCUT2D eigenvalue weighted by molar-refractivity contribution is 7.07. The van der Waals surface area contributed by atoms with Gasteiger partial charge in [-0.2, -0.15) is 0 Å². The third-order valence-electron chi connectivity index (χ3n) is 5.11. The van der Waals surface area contributed by atoms with Crippen LogP contribution in [0.25, 0.3) is 0 Å². The largest absolute Gasteiger partial charge is 0.454 e. The van der Waals surface area contributed by atoms with Gasteiger partial charge in [0.15, 0.2) is 11.5 Å². The molecule has 0 saturated carbocycles. The summed E-state index contributed by atoms with van der Waals surface area (Å²) in [6, 6.07) is 6.19. The summed E-state index contributed by atoms with van der Waals surface area (Å²) in [5.74, 6) is 2.41. The summed E-state index contributed by atoms with van der Waals surface area (Å²) in [6.45, 7) is 6.72. The fraction of sp³-hybridized carbons (Fsp3) is 0.500. The Labute approximate surface area is 163 Å². The molecule has 6 nitrogen and oxygen atoms in total. The number of carbonyl (C=O) groups excluding carboxylic acids is 1. The fourth-order valence-corrected chi connectivity index (χ4v) is 4.30. The SMILES string of the molecule is CC(Cc1ccc2c(c1)OCO2)CN1CCC(=O)N(Cc2cscn2)CC1. The average molecular weight is 388 g/mol. The zero-order valence-corrected chi connectivity index (χ0v) is 16.4. The molecule has 144 valence electrons. The van der Waals surface area contributed by atoms with Crippen LogP contribution in [0.4, 0.5) is 0 Å². The van der Waals surface area contributed by atoms with Crippen molar-refractivity contribution >= 4 is 17.2 Å². The van der Waals surface area contributed by atoms with Crippen LogP contribution >= 0.6 is 11.3 Å². The number of thiazole rings is 1. The molecule has 0 aliphatic carbocycles. The third-order valence-corrected chi connectivity index (χ3v) is 5.74. The van der Waals surface area contributed by atoms with Gasteiger partial charge >= 0.3 is 0 Å². The standard InChI is InChI=1S/C20H25N3O3S/c1-15(8-16-2-3-18-19(9-16)26-14-25-18)10-22-5-4-20(24)23(7-6-22)11-17-12-27-13-21-17/h2-3,9,12-13,15H,4-8,10-11,14H2,1H3. The monoisotopic (exact) mass is 387 g/mol. The van der Waals surface area contributed by atoms with E-state index in [1.165, 1.54) is 5.56 Å². The van der Waals surface area contributed by atoms with E-state index in [1.807, 2.05) is 21.9 Å². The number of benzene rings is 1. The molecule has 7 heteroatoms. The van der Waals surface area contributed by atoms with E-state index >= 15 is 0 Å². The van der Waals surface area contributed by atoms with Gasteiger partial charge in [0.25, 0.3) is 0 Å². The molecule has 1 aromatic heterocycles. The fourth-order valence-electron chi connectivity index (χ4n) is 3.75. The van der Waals surface area contributed by atoms with E-state index in [1.54, 1.807) is 11.3 Å². The number of carbonyl (C=O) groups is 1. The molecule has 0 bridgehead atoms. The van der Waals surface area contributed by atoms with E-state index in [0.717, 1.165) is 49.8 Å². The number of rotatable bonds is 6. The minimum atomic E-state index is 0.230. The van der Waals surface area contributed by atoms with Crippen LogP contribution in [0.5, 0.6) is 11.5 Å². The zero-order chi connectivity index (χ0) is 18.6. The Balaban J connectivity index is 1.29. The quantitative estimate of drug-likeness (QED) is 0.763. The van der Waals surface area contributed by atoms with Gasteiger partial charge in [0, 0.05) is 38.0 Å². The van der Waals surface area contributed by atoms with E-state index < -0.39 is 0 Å². The zero-order valence-electron chi connectivity index (χ0n) is 15.6. The third kappa shape index (κ3) is 4.59. The number of ether oxygens (including phenoxy) is 2. The van der Waals surface area contributed by atoms with Crippen LogP contribution in [-0.4, -0.2) is 53.7 Å². The van der Waals surface area contributed by atoms with Gasteiger partial charge < -0.3 is 19.3 Å². The van der Waals surface area contributed by atoms with Crippen LogP contribution in [-0.2, 0) is 17.8 Å². The van der Waals surface area contributed by atoms with Crippen molar-refractivity contribution in [3.63, 3.8) is 0 Å². The van der Waals surface area contributed by atoms with E-state index in [0.29, 0.717) is 25.7 Å². The summed E-state index contributed by atoms with van der Waals surface area (Å²) in [7, 11) is 0. The van der Waals surface area contributed by atoms with Gasteiger partial charge in [0.2, 0.25) is 12.7 Å². The van der Waals surface area contributed by atoms with Gasteiger partial charge in [-0.3, -0.25) is 4.79 Å². The molecule has 2 aliphatic heterocycles. The Morgan fingerprint density at radius 2 is 2.11 bits per heavy atom. The Bertz CT molecular complexity index is 781. The lowest BCUT2D eigenvalue weighted by Crippen LogP contribution is -2.34. The highest BCUT2D eigenvalue weighted by atomic mass is 32.1. The summed E-state index contributed by atoms with van der Waals surface area (Å²) < 4.78 is 10.9. The average Bonchev–Trinajstić information content (AvgIpc) is 3.30. The lowest BCUT2D eigenvalue weighted by atomic mass is 10.00. The molecule has 27 heavy (non-hydrogen) atoms. The van der Waals surface area contributed by atoms with Crippen molar-refractivity contribution in [3.05, 3.63) is 40.3 Å². The minimum absolute atomic E-state index is 0.230. The maximum atomic E-state index is 12.4. The van der Waals surface area contributed by atoms with E-state index in [-0.39, 0.29) is 5.91 Å². The Kier molecular flexibility index (Phi) is 5.59. The number of nitrogens with zero attached hydrogens (tertiary/aromatic N) is 3. The Hall–Kier alpha value is -2.12. The van der Waals surface area contributed by atoms with Crippen LogP contribution in [0.15, 0.2) is 29.1 Å². The second-order valence-corrected chi connectivity index (χ2v) is 8.06. The van der Waals surface area contributed by atoms with Crippen LogP contribution in [0.1, 0.15) is 24.6 Å². The van der Waals surface area contributed by atoms with Crippen LogP contribution in [0, 0.1) is 5.92 Å². The van der Waals surface area contributed by atoms with Gasteiger partial charge in [-0.1, -0.05) is 13.0 Å². The maximum Gasteiger partial charge on any atom is 0.231 e. The molecule has 0 radical (unpaired) electrons. The Morgan fingerprint density at radius 3 is 2.96 bits per heavy atom. The van der Waals surface area contributed by atoms with Gasteiger partial charge in [0.1, 0.15) is 0 Å². The Morgan fingerprint density at radius 1 is 1.22 bits per heavy atom. The van der Waals surface area contributed by atoms with Crippen molar-refractivity contribution in [2.45, 2.75) is 26.3 Å². The number of fused-ring (bicyclic) bond motifs is 1. The molecule has 4 rings (SSSR count). The number of hydrogen-bond donors (Lipinski definition) is 0. The van der Waals surface area contributed by atoms with Gasteiger partial charge in [-0.25, -0.2) is 4.98 Å². The molecule has 2 aliphatic rings. The summed E-state index contributed by atoms with van der Waals surface area (Å²) in [5, 5.41) is 2.02. The molecule has 1 amide bonds. The number of aromatic nitrogens is 1. The molecular weight excluding hydrogens is 362 g/mol. The number of hydrogen-bond acceptors (Lipinski definition) is 6. The first-order valence-electron chi connectivity index (χ1n) is 9.43. The van der Waals surface area contributed by atoms with E-state index in [2.05, 4.69) is 28.9 Å². The molecular formula is C20H25N3O3S. The van der Waals surface area contributed by atoms with E-state index in [9.17, 15) is 4.79 Å². The van der Waals surface area contributed by atoms with Crippen molar-refractivity contribution in [1.29, 1.82) is 0 Å². The van der Waals surface area contributed by atoms with Crippen LogP contribution < -0.4 is 9.47 Å². The highest BCUT2D eigenvalue weighted by Crippen LogP contribution is 2.33. The summed E-state index contributed by atoms with van der Waals surface area (Å²) in [6.07, 6.45) is 1.57. The molecule has 1 fully saturated rings. The molecule has 0 N–H and O–H groups in total. The van der Waals surface area contributed by atoms with Crippen molar-refractivity contribution in [3.8, 4) is 11.5 Å². The molecule has 0 spiro atoms. The molecule has 1 unspecified atom stereocenters. The minimum Gasteiger partial charge on any atom is -0.454 e. The highest BCUT2D eigenvalue weighted by Gasteiger charge is 2.23. The summed E-state index contributed by atoms with van der Waals surface area (Å²) in [4.78, 5) is 21.1. The normalized spacial score (nSPS) is 18.6. The second kappa shape index (κ2) is 8.27. The lowest BCUT2D eigenvalue weighted by molar-refractivity contribution is -0.131. The lowest BCUT2D eigenvalue weighted by Gasteiger charge is -2.24. The first-order valence-corrected chi connectivity index (χ1v) is 10.4. The van der Waals surface area contributed by atoms with E-state index in [4.69, 9.17) is 9.47 Å². The molecule has 1 aromatic carbocycles. The summed E-state index contributed by atoms with van der Waals surface area (Å²) in [5.41, 5.74) is 4.07. The first-order chi connectivity index (χ1) is 13.2. The molecule has 2 aromatic rings. The van der Waals surface area contributed by atoms with Gasteiger partial charge in [-0.05, 0) is 30.0 Å². The predicted octanol–water partition coefficient (Wildman–Crippen LogP) is 2.78. The van der Waals surface area contributed by atoms with Crippen molar-refractivity contribution in [1.82, 2.24) is 14.8 Å². The van der Waals surface area contributed by atoms with Gasteiger partial charge in [0.05, 0.1) is 17.7 Å². The summed E-state index contributed by atoms with van der Waals surface area (Å²) >= 11 is 1.58. The van der Waals surface area contributed by atoms with Gasteiger partial charge in [-0.15, -0.1) is 11.3 Å². The van der Waals surface area contributed by atoms with Crippen LogP contribution in [0.2, 0.25) is 0 Å².